The van der Waals surface area contributed by atoms with Gasteiger partial charge in [0.05, 0.1) is 18.8 Å². The monoisotopic (exact) mass is 498 g/mol. The molecular formula is C26H41F3N4O2. The fourth-order valence-corrected chi connectivity index (χ4v) is 5.35. The van der Waals surface area contributed by atoms with E-state index in [0.717, 1.165) is 44.6 Å². The molecule has 0 bridgehead atoms. The molecule has 0 spiro atoms. The summed E-state index contributed by atoms with van der Waals surface area (Å²) < 4.78 is 44.6. The van der Waals surface area contributed by atoms with Crippen LogP contribution in [0.1, 0.15) is 58.9 Å². The number of anilines is 1. The van der Waals surface area contributed by atoms with Gasteiger partial charge in [-0.05, 0) is 43.2 Å². The lowest BCUT2D eigenvalue weighted by atomic mass is 9.88. The third-order valence-corrected chi connectivity index (χ3v) is 7.19. The van der Waals surface area contributed by atoms with E-state index in [9.17, 15) is 18.0 Å². The van der Waals surface area contributed by atoms with Crippen molar-refractivity contribution in [2.45, 2.75) is 71.6 Å². The highest BCUT2D eigenvalue weighted by Crippen LogP contribution is 2.32. The number of carbonyl (C=O) groups excluding carboxylic acids is 1. The van der Waals surface area contributed by atoms with Crippen LogP contribution in [0.25, 0.3) is 0 Å². The second-order valence-corrected chi connectivity index (χ2v) is 10.3. The Kier molecular flexibility index (Phi) is 9.81. The van der Waals surface area contributed by atoms with Crippen LogP contribution in [-0.4, -0.2) is 67.3 Å². The number of rotatable bonds is 4. The zero-order valence-electron chi connectivity index (χ0n) is 21.5. The highest BCUT2D eigenvalue weighted by molar-refractivity contribution is 5.79. The molecule has 2 aliphatic heterocycles. The van der Waals surface area contributed by atoms with E-state index in [-0.39, 0.29) is 11.8 Å². The summed E-state index contributed by atoms with van der Waals surface area (Å²) in [6.07, 6.45) is 0.800. The molecule has 0 radical (unpaired) electrons. The van der Waals surface area contributed by atoms with Crippen LogP contribution in [0.4, 0.5) is 19.0 Å². The molecule has 1 saturated carbocycles. The third kappa shape index (κ3) is 7.32. The Labute approximate surface area is 207 Å². The van der Waals surface area contributed by atoms with Crippen molar-refractivity contribution in [3.05, 3.63) is 23.9 Å². The molecule has 1 aromatic rings. The van der Waals surface area contributed by atoms with Crippen molar-refractivity contribution in [1.29, 1.82) is 0 Å². The quantitative estimate of drug-likeness (QED) is 0.658. The zero-order valence-corrected chi connectivity index (χ0v) is 21.5. The van der Waals surface area contributed by atoms with Gasteiger partial charge in [-0.1, -0.05) is 34.1 Å². The van der Waals surface area contributed by atoms with Gasteiger partial charge in [0.2, 0.25) is 5.91 Å². The summed E-state index contributed by atoms with van der Waals surface area (Å²) >= 11 is 0. The largest absolute Gasteiger partial charge is 0.416 e. The number of hydrogen-bond acceptors (Lipinski definition) is 5. The summed E-state index contributed by atoms with van der Waals surface area (Å²) in [5.74, 6) is 1.45. The number of nitrogens with zero attached hydrogens (tertiary/aromatic N) is 3. The maximum Gasteiger partial charge on any atom is 0.416 e. The third-order valence-electron chi connectivity index (χ3n) is 7.19. The lowest BCUT2D eigenvalue weighted by molar-refractivity contribution is -0.137. The van der Waals surface area contributed by atoms with E-state index >= 15 is 0 Å². The number of alkyl halides is 3. The molecular weight excluding hydrogens is 457 g/mol. The van der Waals surface area contributed by atoms with Crippen LogP contribution in [0.3, 0.4) is 0 Å². The minimum atomic E-state index is -4.39. The molecule has 198 valence electrons. The molecule has 3 heterocycles. The van der Waals surface area contributed by atoms with Gasteiger partial charge in [-0.25, -0.2) is 4.98 Å². The minimum Gasteiger partial charge on any atom is -0.381 e. The van der Waals surface area contributed by atoms with Crippen LogP contribution < -0.4 is 10.2 Å². The van der Waals surface area contributed by atoms with Gasteiger partial charge in [0, 0.05) is 50.4 Å². The van der Waals surface area contributed by atoms with Gasteiger partial charge in [0.15, 0.2) is 0 Å². The Bertz CT molecular complexity index is 804. The van der Waals surface area contributed by atoms with Crippen molar-refractivity contribution >= 4 is 11.7 Å². The molecule has 4 rings (SSSR count). The van der Waals surface area contributed by atoms with Crippen LogP contribution in [0.2, 0.25) is 0 Å². The predicted octanol–water partition coefficient (Wildman–Crippen LogP) is 4.59. The van der Waals surface area contributed by atoms with Gasteiger partial charge in [0.25, 0.3) is 0 Å². The van der Waals surface area contributed by atoms with Crippen LogP contribution in [0.15, 0.2) is 18.3 Å². The zero-order chi connectivity index (χ0) is 25.6. The molecule has 4 unspecified atom stereocenters. The Balaban J connectivity index is 0.00000108. The molecule has 1 aliphatic carbocycles. The maximum atomic E-state index is 13.1. The Morgan fingerprint density at radius 1 is 1.11 bits per heavy atom. The topological polar surface area (TPSA) is 57.7 Å². The molecule has 3 aliphatic rings. The fraction of sp³-hybridized carbons (Fsp3) is 0.769. The first kappa shape index (κ1) is 27.7. The van der Waals surface area contributed by atoms with Gasteiger partial charge in [-0.15, -0.1) is 0 Å². The molecule has 35 heavy (non-hydrogen) atoms. The lowest BCUT2D eigenvalue weighted by Crippen LogP contribution is -2.51. The molecule has 3 fully saturated rings. The second-order valence-electron chi connectivity index (χ2n) is 10.3. The summed E-state index contributed by atoms with van der Waals surface area (Å²) in [7, 11) is 0. The van der Waals surface area contributed by atoms with Crippen LogP contribution in [0.5, 0.6) is 0 Å². The van der Waals surface area contributed by atoms with Gasteiger partial charge in [0.1, 0.15) is 5.82 Å². The molecule has 0 aromatic carbocycles. The van der Waals surface area contributed by atoms with E-state index < -0.39 is 11.7 Å². The average Bonchev–Trinajstić information content (AvgIpc) is 3.30. The van der Waals surface area contributed by atoms with E-state index in [1.165, 1.54) is 12.6 Å². The van der Waals surface area contributed by atoms with E-state index in [2.05, 4.69) is 38.0 Å². The maximum absolute atomic E-state index is 13.1. The fourth-order valence-electron chi connectivity index (χ4n) is 5.35. The number of amides is 1. The number of nitrogens with one attached hydrogen (secondary N) is 1. The highest BCUT2D eigenvalue weighted by Gasteiger charge is 2.37. The number of halogens is 3. The number of pyridine rings is 1. The molecule has 1 amide bonds. The molecule has 9 heteroatoms. The normalized spacial score (nSPS) is 29.5. The summed E-state index contributed by atoms with van der Waals surface area (Å²) in [4.78, 5) is 20.9. The first-order valence-electron chi connectivity index (χ1n) is 13.0. The summed E-state index contributed by atoms with van der Waals surface area (Å²) in [5, 5.41) is 3.79. The molecule has 2 saturated heterocycles. The van der Waals surface area contributed by atoms with E-state index in [1.54, 1.807) is 0 Å². The standard InChI is InChI=1S/C23H33F3N4O2.C3H8/c1-15-13-32-14-16(2)21(15)28-19-4-3-17(11-19)22(31)30-9-7-29(8-10-30)20-12-18(5-6-27-20)23(24,25)26;1-3-2/h5-6,12,15-17,19,21,28H,3-4,7-11,13-14H2,1-2H3;3H2,1-2H3. The average molecular weight is 499 g/mol. The van der Waals surface area contributed by atoms with Gasteiger partial charge in [-0.2, -0.15) is 13.2 Å². The number of piperazine rings is 1. The predicted molar refractivity (Wildman–Crippen MR) is 131 cm³/mol. The number of ether oxygens (including phenoxy) is 1. The van der Waals surface area contributed by atoms with Crippen molar-refractivity contribution < 1.29 is 22.7 Å². The van der Waals surface area contributed by atoms with Gasteiger partial charge >= 0.3 is 6.18 Å². The van der Waals surface area contributed by atoms with E-state index in [0.29, 0.717) is 55.9 Å². The molecule has 4 atom stereocenters. The van der Waals surface area contributed by atoms with Crippen molar-refractivity contribution in [1.82, 2.24) is 15.2 Å². The van der Waals surface area contributed by atoms with E-state index in [1.807, 2.05) is 9.80 Å². The Morgan fingerprint density at radius 2 is 1.74 bits per heavy atom. The number of hydrogen-bond donors (Lipinski definition) is 1. The molecule has 1 aromatic heterocycles. The highest BCUT2D eigenvalue weighted by atomic mass is 19.4. The lowest BCUT2D eigenvalue weighted by Gasteiger charge is -2.37. The van der Waals surface area contributed by atoms with Crippen LogP contribution in [-0.2, 0) is 15.7 Å². The molecule has 6 nitrogen and oxygen atoms in total. The van der Waals surface area contributed by atoms with Gasteiger partial charge < -0.3 is 19.9 Å². The molecule has 1 N–H and O–H groups in total. The van der Waals surface area contributed by atoms with Crippen LogP contribution >= 0.6 is 0 Å². The van der Waals surface area contributed by atoms with Gasteiger partial charge in [-0.3, -0.25) is 4.79 Å². The first-order chi connectivity index (χ1) is 16.6. The van der Waals surface area contributed by atoms with Crippen molar-refractivity contribution in [2.24, 2.45) is 17.8 Å². The van der Waals surface area contributed by atoms with Crippen molar-refractivity contribution in [3.8, 4) is 0 Å². The summed E-state index contributed by atoms with van der Waals surface area (Å²) in [6.45, 7) is 12.2. The Hall–Kier alpha value is -1.87. The second kappa shape index (κ2) is 12.4. The minimum absolute atomic E-state index is 0.0242. The first-order valence-corrected chi connectivity index (χ1v) is 13.0. The van der Waals surface area contributed by atoms with Crippen molar-refractivity contribution in [2.75, 3.05) is 44.3 Å². The summed E-state index contributed by atoms with van der Waals surface area (Å²) in [5.41, 5.74) is -0.696. The van der Waals surface area contributed by atoms with Crippen LogP contribution in [0, 0.1) is 17.8 Å². The number of carbonyl (C=O) groups is 1. The van der Waals surface area contributed by atoms with E-state index in [4.69, 9.17) is 4.74 Å². The van der Waals surface area contributed by atoms with Crippen molar-refractivity contribution in [3.63, 3.8) is 0 Å². The summed E-state index contributed by atoms with van der Waals surface area (Å²) in [6, 6.07) is 2.84. The Morgan fingerprint density at radius 3 is 2.34 bits per heavy atom. The SMILES string of the molecule is CC1COCC(C)C1NC1CCC(C(=O)N2CCN(c3cc(C(F)(F)F)ccn3)CC2)C1.CCC. The smallest absolute Gasteiger partial charge is 0.381 e. The number of aromatic nitrogens is 1.